The summed E-state index contributed by atoms with van der Waals surface area (Å²) in [6, 6.07) is 5.20. The molecule has 0 aliphatic rings. The maximum atomic E-state index is 14.1. The molecule has 2 amide bonds. The summed E-state index contributed by atoms with van der Waals surface area (Å²) in [5.74, 6) is -0.258. The fourth-order valence-electron chi connectivity index (χ4n) is 3.17. The number of hydrogen-bond acceptors (Lipinski definition) is 9. The van der Waals surface area contributed by atoms with Gasteiger partial charge >= 0.3 is 6.03 Å². The number of benzene rings is 1. The van der Waals surface area contributed by atoms with Crippen molar-refractivity contribution in [2.24, 2.45) is 0 Å². The first-order chi connectivity index (χ1) is 16.8. The van der Waals surface area contributed by atoms with E-state index in [-0.39, 0.29) is 37.8 Å². The van der Waals surface area contributed by atoms with Gasteiger partial charge in [-0.25, -0.2) is 24.1 Å². The van der Waals surface area contributed by atoms with Gasteiger partial charge < -0.3 is 31.5 Å². The summed E-state index contributed by atoms with van der Waals surface area (Å²) in [6.07, 6.45) is 1.70. The van der Waals surface area contributed by atoms with Gasteiger partial charge in [-0.05, 0) is 50.6 Å². The average Bonchev–Trinajstić information content (AvgIpc) is 3.29. The highest BCUT2D eigenvalue weighted by molar-refractivity contribution is 7.18. The Morgan fingerprint density at radius 1 is 1.09 bits per heavy atom. The van der Waals surface area contributed by atoms with Crippen molar-refractivity contribution >= 4 is 28.4 Å². The predicted octanol–water partition coefficient (Wildman–Crippen LogP) is 2.81. The van der Waals surface area contributed by atoms with Crippen molar-refractivity contribution in [2.45, 2.75) is 39.4 Å². The number of rotatable bonds is 11. The zero-order valence-corrected chi connectivity index (χ0v) is 20.6. The molecule has 0 aliphatic heterocycles. The number of halogens is 1. The Morgan fingerprint density at radius 3 is 2.51 bits per heavy atom. The van der Waals surface area contributed by atoms with E-state index >= 15 is 0 Å². The van der Waals surface area contributed by atoms with Crippen LogP contribution in [-0.2, 0) is 6.54 Å². The first kappa shape index (κ1) is 26.3. The Morgan fingerprint density at radius 2 is 1.83 bits per heavy atom. The van der Waals surface area contributed by atoms with Crippen molar-refractivity contribution in [3.8, 4) is 21.8 Å². The predicted molar refractivity (Wildman–Crippen MR) is 135 cm³/mol. The second kappa shape index (κ2) is 12.4. The Labute approximate surface area is 207 Å². The van der Waals surface area contributed by atoms with E-state index in [2.05, 4.69) is 36.2 Å². The van der Waals surface area contributed by atoms with Crippen LogP contribution in [0.4, 0.5) is 20.3 Å². The van der Waals surface area contributed by atoms with Gasteiger partial charge in [0.05, 0.1) is 35.5 Å². The fourth-order valence-corrected chi connectivity index (χ4v) is 4.09. The number of aliphatic hydroxyl groups is 2. The largest absolute Gasteiger partial charge is 0.394 e. The number of hydrogen-bond donors (Lipinski definition) is 6. The lowest BCUT2D eigenvalue weighted by atomic mass is 10.0. The molecule has 0 radical (unpaired) electrons. The van der Waals surface area contributed by atoms with E-state index in [0.29, 0.717) is 29.1 Å². The summed E-state index contributed by atoms with van der Waals surface area (Å²) in [7, 11) is 0. The lowest BCUT2D eigenvalue weighted by molar-refractivity contribution is 0.203. The molecule has 2 aromatic heterocycles. The van der Waals surface area contributed by atoms with Crippen molar-refractivity contribution in [3.05, 3.63) is 41.8 Å². The minimum atomic E-state index is -0.662. The molecule has 0 bridgehead atoms. The maximum absolute atomic E-state index is 14.1. The van der Waals surface area contributed by atoms with Gasteiger partial charge in [0.2, 0.25) is 5.95 Å². The highest BCUT2D eigenvalue weighted by atomic mass is 32.1. The zero-order valence-electron chi connectivity index (χ0n) is 19.8. The molecule has 2 heterocycles. The third kappa shape index (κ3) is 7.31. The Hall–Kier alpha value is -3.35. The van der Waals surface area contributed by atoms with E-state index in [1.54, 1.807) is 25.3 Å². The quantitative estimate of drug-likeness (QED) is 0.234. The minimum absolute atomic E-state index is 0.0833. The molecule has 0 spiro atoms. The van der Waals surface area contributed by atoms with Gasteiger partial charge in [-0.1, -0.05) is 11.3 Å². The van der Waals surface area contributed by atoms with Gasteiger partial charge in [0.15, 0.2) is 5.13 Å². The summed E-state index contributed by atoms with van der Waals surface area (Å²) < 4.78 is 14.1. The maximum Gasteiger partial charge on any atom is 0.315 e. The molecule has 35 heavy (non-hydrogen) atoms. The Bertz CT molecular complexity index is 1140. The number of carbonyl (C=O) groups excluding carboxylic acids is 1. The molecule has 188 valence electrons. The standard InChI is InChI=1S/C23H30FN7O3S/c1-4-25-22(34)26-9-14-7-15(24)5-6-17(14)18-8-19(20-10-27-23(35-20)28-13(2)3)31-21(30-18)29-16(11-32)12-33/h5-8,10,13,16,32-33H,4,9,11-12H2,1-3H3,(H,27,28)(H2,25,26,34)(H,29,30,31). The van der Waals surface area contributed by atoms with Crippen LogP contribution in [0.1, 0.15) is 26.3 Å². The Balaban J connectivity index is 2.04. The number of aromatic nitrogens is 3. The van der Waals surface area contributed by atoms with Crippen molar-refractivity contribution in [1.82, 2.24) is 25.6 Å². The number of nitrogens with one attached hydrogen (secondary N) is 4. The Kier molecular flexibility index (Phi) is 9.29. The van der Waals surface area contributed by atoms with Crippen molar-refractivity contribution in [3.63, 3.8) is 0 Å². The summed E-state index contributed by atoms with van der Waals surface area (Å²) in [5.41, 5.74) is 2.17. The van der Waals surface area contributed by atoms with Crippen LogP contribution in [0.3, 0.4) is 0 Å². The number of thiazole rings is 1. The van der Waals surface area contributed by atoms with Gasteiger partial charge in [0.1, 0.15) is 5.82 Å². The van der Waals surface area contributed by atoms with Gasteiger partial charge in [0.25, 0.3) is 0 Å². The molecule has 3 rings (SSSR count). The monoisotopic (exact) mass is 503 g/mol. The molecule has 10 nitrogen and oxygen atoms in total. The van der Waals surface area contributed by atoms with E-state index in [9.17, 15) is 19.4 Å². The van der Waals surface area contributed by atoms with Crippen LogP contribution in [-0.4, -0.2) is 63.0 Å². The number of anilines is 2. The van der Waals surface area contributed by atoms with Crippen LogP contribution in [0.15, 0.2) is 30.5 Å². The zero-order chi connectivity index (χ0) is 25.4. The molecule has 0 saturated carbocycles. The van der Waals surface area contributed by atoms with Crippen molar-refractivity contribution in [2.75, 3.05) is 30.4 Å². The second-order valence-electron chi connectivity index (χ2n) is 8.01. The number of aliphatic hydroxyl groups excluding tert-OH is 2. The number of amides is 2. The van der Waals surface area contributed by atoms with Crippen LogP contribution < -0.4 is 21.3 Å². The number of nitrogens with zero attached hydrogens (tertiary/aromatic N) is 3. The molecular weight excluding hydrogens is 473 g/mol. The third-order valence-corrected chi connectivity index (χ3v) is 5.74. The van der Waals surface area contributed by atoms with Gasteiger partial charge in [-0.3, -0.25) is 0 Å². The molecule has 0 aliphatic carbocycles. The highest BCUT2D eigenvalue weighted by Crippen LogP contribution is 2.32. The van der Waals surface area contributed by atoms with Crippen LogP contribution in [0.2, 0.25) is 0 Å². The summed E-state index contributed by atoms with van der Waals surface area (Å²) in [6.45, 7) is 5.74. The van der Waals surface area contributed by atoms with Crippen molar-refractivity contribution in [1.29, 1.82) is 0 Å². The highest BCUT2D eigenvalue weighted by Gasteiger charge is 2.17. The molecule has 12 heteroatoms. The normalized spacial score (nSPS) is 11.1. The van der Waals surface area contributed by atoms with Gasteiger partial charge in [-0.15, -0.1) is 0 Å². The fraction of sp³-hybridized carbons (Fsp3) is 0.391. The lowest BCUT2D eigenvalue weighted by Crippen LogP contribution is -2.34. The average molecular weight is 504 g/mol. The molecule has 6 N–H and O–H groups in total. The first-order valence-corrected chi connectivity index (χ1v) is 12.0. The van der Waals surface area contributed by atoms with E-state index in [4.69, 9.17) is 0 Å². The minimum Gasteiger partial charge on any atom is -0.394 e. The smallest absolute Gasteiger partial charge is 0.315 e. The molecular formula is C23H30FN7O3S. The number of carbonyl (C=O) groups is 1. The van der Waals surface area contributed by atoms with Crippen molar-refractivity contribution < 1.29 is 19.4 Å². The molecule has 0 atom stereocenters. The molecule has 0 saturated heterocycles. The summed E-state index contributed by atoms with van der Waals surface area (Å²) >= 11 is 1.42. The molecule has 1 aromatic carbocycles. The molecule has 0 fully saturated rings. The van der Waals surface area contributed by atoms with E-state index in [1.807, 2.05) is 13.8 Å². The topological polar surface area (TPSA) is 144 Å². The van der Waals surface area contributed by atoms with E-state index < -0.39 is 11.9 Å². The number of urea groups is 1. The third-order valence-electron chi connectivity index (χ3n) is 4.79. The van der Waals surface area contributed by atoms with E-state index in [0.717, 1.165) is 10.0 Å². The van der Waals surface area contributed by atoms with Crippen LogP contribution in [0.25, 0.3) is 21.8 Å². The molecule has 3 aromatic rings. The second-order valence-corrected chi connectivity index (χ2v) is 9.04. The van der Waals surface area contributed by atoms with Gasteiger partial charge in [0, 0.05) is 30.9 Å². The SMILES string of the molecule is CCNC(=O)NCc1cc(F)ccc1-c1cc(-c2cnc(NC(C)C)s2)nc(NC(CO)CO)n1. The molecule has 0 unspecified atom stereocenters. The van der Waals surface area contributed by atoms with Gasteiger partial charge in [-0.2, -0.15) is 0 Å². The van der Waals surface area contributed by atoms with Crippen LogP contribution >= 0.6 is 11.3 Å². The summed E-state index contributed by atoms with van der Waals surface area (Å²) in [4.78, 5) is 26.2. The van der Waals surface area contributed by atoms with Crippen LogP contribution in [0.5, 0.6) is 0 Å². The lowest BCUT2D eigenvalue weighted by Gasteiger charge is -2.16. The van der Waals surface area contributed by atoms with E-state index in [1.165, 1.54) is 23.5 Å². The first-order valence-electron chi connectivity index (χ1n) is 11.2. The van der Waals surface area contributed by atoms with Crippen LogP contribution in [0, 0.1) is 5.82 Å². The summed E-state index contributed by atoms with van der Waals surface area (Å²) in [5, 5.41) is 31.3.